The van der Waals surface area contributed by atoms with Crippen LogP contribution >= 0.6 is 0 Å². The van der Waals surface area contributed by atoms with Crippen LogP contribution < -0.4 is 0 Å². The molecule has 0 aromatic carbocycles. The summed E-state index contributed by atoms with van der Waals surface area (Å²) in [5.41, 5.74) is -2.60. The van der Waals surface area contributed by atoms with Gasteiger partial charge >= 0.3 is 35.8 Å². The average molecular weight is 619 g/mol. The van der Waals surface area contributed by atoms with Gasteiger partial charge in [-0.3, -0.25) is 28.8 Å². The molecule has 0 aromatic heterocycles. The topological polar surface area (TPSA) is 167 Å². The highest BCUT2D eigenvalue weighted by Gasteiger charge is 2.40. The maximum Gasteiger partial charge on any atom is 0.305 e. The number of carbonyl (C=O) groups is 6. The van der Waals surface area contributed by atoms with E-state index in [0.29, 0.717) is 25.7 Å². The Bertz CT molecular complexity index is 810. The first-order valence-corrected chi connectivity index (χ1v) is 14.8. The third kappa shape index (κ3) is 18.8. The molecule has 0 N–H and O–H groups in total. The van der Waals surface area contributed by atoms with Gasteiger partial charge in [-0.05, 0) is 25.7 Å². The Morgan fingerprint density at radius 1 is 0.395 bits per heavy atom. The molecule has 0 bridgehead atoms. The van der Waals surface area contributed by atoms with Crippen LogP contribution in [-0.4, -0.2) is 88.7 Å². The van der Waals surface area contributed by atoms with Crippen molar-refractivity contribution < 1.29 is 61.9 Å². The smallest absolute Gasteiger partial charge is 0.305 e. The summed E-state index contributed by atoms with van der Waals surface area (Å²) in [6.45, 7) is 7.32. The summed E-state index contributed by atoms with van der Waals surface area (Å²) < 4.78 is 38.3. The minimum absolute atomic E-state index is 0.149. The molecular formula is C30H50O13. The third-order valence-corrected chi connectivity index (χ3v) is 5.95. The first-order chi connectivity index (χ1) is 20.4. The maximum absolute atomic E-state index is 12.3. The average Bonchev–Trinajstić information content (AvgIpc) is 2.94. The van der Waals surface area contributed by atoms with E-state index in [1.807, 2.05) is 27.7 Å². The van der Waals surface area contributed by atoms with E-state index in [1.165, 1.54) is 13.8 Å². The van der Waals surface area contributed by atoms with Crippen LogP contribution in [0.3, 0.4) is 0 Å². The van der Waals surface area contributed by atoms with Crippen LogP contribution in [-0.2, 0) is 61.9 Å². The molecule has 0 aliphatic carbocycles. The zero-order chi connectivity index (χ0) is 32.7. The van der Waals surface area contributed by atoms with Gasteiger partial charge in [-0.15, -0.1) is 0 Å². The lowest BCUT2D eigenvalue weighted by atomic mass is 9.90. The van der Waals surface area contributed by atoms with Crippen molar-refractivity contribution in [1.82, 2.24) is 0 Å². The molecule has 248 valence electrons. The fraction of sp³-hybridized carbons (Fsp3) is 0.800. The number of hydrogen-bond donors (Lipinski definition) is 0. The monoisotopic (exact) mass is 618 g/mol. The van der Waals surface area contributed by atoms with Crippen molar-refractivity contribution in [2.24, 2.45) is 10.8 Å². The molecule has 0 saturated carbocycles. The summed E-state index contributed by atoms with van der Waals surface area (Å²) in [4.78, 5) is 72.4. The second-order valence-corrected chi connectivity index (χ2v) is 10.7. The van der Waals surface area contributed by atoms with E-state index in [-0.39, 0.29) is 78.5 Å². The number of hydrogen-bond acceptors (Lipinski definition) is 13. The van der Waals surface area contributed by atoms with E-state index < -0.39 is 46.6 Å². The molecule has 0 radical (unpaired) electrons. The first-order valence-electron chi connectivity index (χ1n) is 14.8. The van der Waals surface area contributed by atoms with Crippen LogP contribution in [0.15, 0.2) is 0 Å². The van der Waals surface area contributed by atoms with E-state index in [1.54, 1.807) is 0 Å². The van der Waals surface area contributed by atoms with Gasteiger partial charge in [0.05, 0.1) is 24.0 Å². The van der Waals surface area contributed by atoms with E-state index in [4.69, 9.17) is 33.2 Å². The molecule has 13 nitrogen and oxygen atoms in total. The van der Waals surface area contributed by atoms with Gasteiger partial charge in [0, 0.05) is 39.5 Å². The van der Waals surface area contributed by atoms with Crippen LogP contribution in [0.2, 0.25) is 0 Å². The largest absolute Gasteiger partial charge is 0.465 e. The highest BCUT2D eigenvalue weighted by Crippen LogP contribution is 2.26. The summed E-state index contributed by atoms with van der Waals surface area (Å²) in [5.74, 6) is -3.21. The van der Waals surface area contributed by atoms with Crippen molar-refractivity contribution in [3.8, 4) is 0 Å². The summed E-state index contributed by atoms with van der Waals surface area (Å²) in [6.07, 6.45) is 2.79. The van der Waals surface area contributed by atoms with Gasteiger partial charge in [0.2, 0.25) is 0 Å². The van der Waals surface area contributed by atoms with Crippen molar-refractivity contribution >= 4 is 35.8 Å². The summed E-state index contributed by atoms with van der Waals surface area (Å²) in [7, 11) is 0. The third-order valence-electron chi connectivity index (χ3n) is 5.95. The van der Waals surface area contributed by atoms with E-state index >= 15 is 0 Å². The van der Waals surface area contributed by atoms with Gasteiger partial charge in [-0.1, -0.05) is 27.7 Å². The van der Waals surface area contributed by atoms with E-state index in [0.717, 1.165) is 0 Å². The van der Waals surface area contributed by atoms with Crippen LogP contribution in [0.25, 0.3) is 0 Å². The quantitative estimate of drug-likeness (QED) is 0.114. The van der Waals surface area contributed by atoms with Crippen LogP contribution in [0, 0.1) is 10.8 Å². The summed E-state index contributed by atoms with van der Waals surface area (Å²) >= 11 is 0. The normalized spacial score (nSPS) is 11.3. The Balaban J connectivity index is 6.24. The second-order valence-electron chi connectivity index (χ2n) is 10.7. The van der Waals surface area contributed by atoms with Crippen molar-refractivity contribution in [2.75, 3.05) is 52.9 Å². The van der Waals surface area contributed by atoms with Crippen molar-refractivity contribution in [3.05, 3.63) is 0 Å². The fourth-order valence-corrected chi connectivity index (χ4v) is 3.53. The molecule has 0 atom stereocenters. The second kappa shape index (κ2) is 22.3. The molecule has 43 heavy (non-hydrogen) atoms. The molecule has 0 rings (SSSR count). The predicted molar refractivity (Wildman–Crippen MR) is 152 cm³/mol. The molecule has 0 amide bonds. The Morgan fingerprint density at radius 3 is 0.837 bits per heavy atom. The highest BCUT2D eigenvalue weighted by molar-refractivity contribution is 5.71. The maximum atomic E-state index is 12.3. The molecule has 0 spiro atoms. The Labute approximate surface area is 254 Å². The molecule has 0 saturated heterocycles. The number of carbonyl (C=O) groups excluding carboxylic acids is 6. The predicted octanol–water partition coefficient (Wildman–Crippen LogP) is 3.48. The molecule has 0 aliphatic rings. The zero-order valence-corrected chi connectivity index (χ0v) is 26.6. The lowest BCUT2D eigenvalue weighted by Crippen LogP contribution is -2.47. The van der Waals surface area contributed by atoms with Gasteiger partial charge in [-0.2, -0.15) is 0 Å². The van der Waals surface area contributed by atoms with Crippen LogP contribution in [0.5, 0.6) is 0 Å². The van der Waals surface area contributed by atoms with Gasteiger partial charge in [0.25, 0.3) is 0 Å². The van der Waals surface area contributed by atoms with Gasteiger partial charge in [-0.25, -0.2) is 0 Å². The summed E-state index contributed by atoms with van der Waals surface area (Å²) in [5, 5.41) is 0. The van der Waals surface area contributed by atoms with E-state index in [2.05, 4.69) is 0 Å². The number of rotatable bonds is 24. The highest BCUT2D eigenvalue weighted by atomic mass is 16.6. The fourth-order valence-electron chi connectivity index (χ4n) is 3.53. The molecular weight excluding hydrogens is 568 g/mol. The van der Waals surface area contributed by atoms with Crippen LogP contribution in [0.1, 0.15) is 92.9 Å². The minimum Gasteiger partial charge on any atom is -0.465 e. The Morgan fingerprint density at radius 2 is 0.628 bits per heavy atom. The van der Waals surface area contributed by atoms with Crippen molar-refractivity contribution in [2.45, 2.75) is 92.9 Å². The molecule has 0 unspecified atom stereocenters. The van der Waals surface area contributed by atoms with Crippen LogP contribution in [0.4, 0.5) is 0 Å². The molecule has 0 heterocycles. The first kappa shape index (κ1) is 39.8. The van der Waals surface area contributed by atoms with Crippen molar-refractivity contribution in [1.29, 1.82) is 0 Å². The van der Waals surface area contributed by atoms with Gasteiger partial charge < -0.3 is 33.2 Å². The molecule has 0 aliphatic heterocycles. The minimum atomic E-state index is -1.30. The van der Waals surface area contributed by atoms with E-state index in [9.17, 15) is 28.8 Å². The Hall–Kier alpha value is -3.22. The molecule has 0 fully saturated rings. The standard InChI is InChI=1S/C30H50O13/c1-7-11-25(33)40-19-29(17-38-23(5)31,18-39-24(6)32)15-37-16-30(20-41-26(34)12-8-2,21-42-27(35)13-9-3)22-43-28(36)14-10-4/h7-22H2,1-6H3. The lowest BCUT2D eigenvalue weighted by molar-refractivity contribution is -0.174. The molecule has 0 aromatic rings. The number of esters is 6. The SMILES string of the molecule is CCCC(=O)OCC(COCC(COC(=O)CCC)(COC(=O)CCC)COC(=O)CCC)(COC(C)=O)COC(C)=O. The van der Waals surface area contributed by atoms with Crippen molar-refractivity contribution in [3.63, 3.8) is 0 Å². The van der Waals surface area contributed by atoms with Gasteiger partial charge in [0.15, 0.2) is 0 Å². The molecule has 13 heteroatoms. The lowest BCUT2D eigenvalue weighted by Gasteiger charge is -2.35. The Kier molecular flexibility index (Phi) is 20.7. The van der Waals surface area contributed by atoms with Gasteiger partial charge in [0.1, 0.15) is 39.6 Å². The zero-order valence-electron chi connectivity index (χ0n) is 26.6. The summed E-state index contributed by atoms with van der Waals surface area (Å²) in [6, 6.07) is 0. The number of ether oxygens (including phenoxy) is 7.